The van der Waals surface area contributed by atoms with Crippen molar-refractivity contribution in [1.29, 1.82) is 0 Å². The lowest BCUT2D eigenvalue weighted by Crippen LogP contribution is -2.00. The topological polar surface area (TPSA) is 48.1 Å². The number of thioether (sulfide) groups is 1. The molecule has 2 N–H and O–H groups in total. The van der Waals surface area contributed by atoms with E-state index in [4.69, 9.17) is 10.5 Å². The third-order valence-corrected chi connectivity index (χ3v) is 4.74. The largest absolute Gasteiger partial charge is 0.494 e. The van der Waals surface area contributed by atoms with Crippen LogP contribution in [0.1, 0.15) is 17.7 Å². The lowest BCUT2D eigenvalue weighted by molar-refractivity contribution is 0.318. The Morgan fingerprint density at radius 1 is 1.42 bits per heavy atom. The van der Waals surface area contributed by atoms with E-state index < -0.39 is 0 Å². The third kappa shape index (κ3) is 4.86. The zero-order valence-electron chi connectivity index (χ0n) is 11.0. The van der Waals surface area contributed by atoms with E-state index >= 15 is 0 Å². The Labute approximate surface area is 122 Å². The predicted octanol–water partition coefficient (Wildman–Crippen LogP) is 3.47. The maximum atomic E-state index is 5.71. The van der Waals surface area contributed by atoms with Crippen molar-refractivity contribution in [1.82, 2.24) is 4.98 Å². The molecule has 102 valence electrons. The number of rotatable bonds is 7. The minimum absolute atomic E-state index is 0.552. The number of hydrogen-bond acceptors (Lipinski definition) is 5. The average molecular weight is 294 g/mol. The molecular weight excluding hydrogens is 276 g/mol. The Balaban J connectivity index is 1.66. The Hall–Kier alpha value is -1.04. The molecule has 0 aliphatic rings. The highest BCUT2D eigenvalue weighted by atomic mass is 32.2. The maximum Gasteiger partial charge on any atom is 0.150 e. The highest BCUT2D eigenvalue weighted by molar-refractivity contribution is 8.00. The molecule has 0 aliphatic carbocycles. The second-order valence-electron chi connectivity index (χ2n) is 4.16. The van der Waals surface area contributed by atoms with Crippen LogP contribution in [0.25, 0.3) is 0 Å². The number of nitrogens with two attached hydrogens (primary N) is 1. The average Bonchev–Trinajstić information content (AvgIpc) is 2.84. The first kappa shape index (κ1) is 14.4. The van der Waals surface area contributed by atoms with Gasteiger partial charge in [0.1, 0.15) is 10.1 Å². The minimum atomic E-state index is 0.552. The molecular formula is C14H18N2OS2. The quantitative estimate of drug-likeness (QED) is 0.627. The van der Waals surface area contributed by atoms with E-state index in [9.17, 15) is 0 Å². The molecule has 0 radical (unpaired) electrons. The summed E-state index contributed by atoms with van der Waals surface area (Å²) in [5.41, 5.74) is 7.80. The summed E-state index contributed by atoms with van der Waals surface area (Å²) in [5.74, 6) is 1.93. The molecule has 0 spiro atoms. The van der Waals surface area contributed by atoms with E-state index in [0.717, 1.165) is 40.1 Å². The molecule has 0 amide bonds. The van der Waals surface area contributed by atoms with Crippen LogP contribution in [0.15, 0.2) is 34.0 Å². The summed E-state index contributed by atoms with van der Waals surface area (Å²) in [4.78, 5) is 4.42. The zero-order chi connectivity index (χ0) is 13.5. The van der Waals surface area contributed by atoms with Crippen molar-refractivity contribution in [2.75, 3.05) is 12.4 Å². The molecule has 0 aliphatic heterocycles. The second-order valence-corrected chi connectivity index (χ2v) is 6.36. The van der Waals surface area contributed by atoms with E-state index in [0.29, 0.717) is 6.54 Å². The highest BCUT2D eigenvalue weighted by Gasteiger charge is 2.00. The van der Waals surface area contributed by atoms with Gasteiger partial charge >= 0.3 is 0 Å². The van der Waals surface area contributed by atoms with Crippen LogP contribution >= 0.6 is 23.1 Å². The van der Waals surface area contributed by atoms with Crippen LogP contribution in [-0.4, -0.2) is 17.3 Å². The molecule has 1 aromatic carbocycles. The molecule has 0 bridgehead atoms. The molecule has 5 heteroatoms. The van der Waals surface area contributed by atoms with E-state index in [1.165, 1.54) is 0 Å². The van der Waals surface area contributed by atoms with Crippen LogP contribution in [0.2, 0.25) is 0 Å². The Morgan fingerprint density at radius 2 is 2.32 bits per heavy atom. The minimum Gasteiger partial charge on any atom is -0.494 e. The first-order chi connectivity index (χ1) is 9.28. The number of aryl methyl sites for hydroxylation is 1. The van der Waals surface area contributed by atoms with E-state index in [2.05, 4.69) is 10.4 Å². The Bertz CT molecular complexity index is 514. The fraction of sp³-hybridized carbons (Fsp3) is 0.357. The van der Waals surface area contributed by atoms with Gasteiger partial charge in [-0.3, -0.25) is 0 Å². The SMILES string of the molecule is Cc1csc(SCCCOc2cccc(CN)c2)n1. The Morgan fingerprint density at radius 3 is 3.05 bits per heavy atom. The molecule has 1 aromatic heterocycles. The van der Waals surface area contributed by atoms with Gasteiger partial charge in [-0.05, 0) is 31.0 Å². The molecule has 19 heavy (non-hydrogen) atoms. The van der Waals surface area contributed by atoms with E-state index in [1.54, 1.807) is 23.1 Å². The van der Waals surface area contributed by atoms with Crippen molar-refractivity contribution in [2.24, 2.45) is 5.73 Å². The lowest BCUT2D eigenvalue weighted by Gasteiger charge is -2.06. The fourth-order valence-corrected chi connectivity index (χ4v) is 3.40. The molecule has 0 saturated heterocycles. The number of ether oxygens (including phenoxy) is 1. The summed E-state index contributed by atoms with van der Waals surface area (Å²) >= 11 is 3.50. The first-order valence-electron chi connectivity index (χ1n) is 6.24. The van der Waals surface area contributed by atoms with Crippen molar-refractivity contribution >= 4 is 23.1 Å². The molecule has 1 heterocycles. The van der Waals surface area contributed by atoms with Gasteiger partial charge < -0.3 is 10.5 Å². The second kappa shape index (κ2) is 7.53. The highest BCUT2D eigenvalue weighted by Crippen LogP contribution is 2.23. The molecule has 2 rings (SSSR count). The van der Waals surface area contributed by atoms with Crippen LogP contribution in [0.5, 0.6) is 5.75 Å². The van der Waals surface area contributed by atoms with E-state index in [-0.39, 0.29) is 0 Å². The molecule has 0 saturated carbocycles. The van der Waals surface area contributed by atoms with Gasteiger partial charge in [0.2, 0.25) is 0 Å². The van der Waals surface area contributed by atoms with Crippen molar-refractivity contribution in [3.8, 4) is 5.75 Å². The molecule has 3 nitrogen and oxygen atoms in total. The summed E-state index contributed by atoms with van der Waals surface area (Å²) in [6, 6.07) is 7.95. The standard InChI is InChI=1S/C14H18N2OS2/c1-11-10-19-14(16-11)18-7-3-6-17-13-5-2-4-12(8-13)9-15/h2,4-5,8,10H,3,6-7,9,15H2,1H3. The first-order valence-corrected chi connectivity index (χ1v) is 8.11. The van der Waals surface area contributed by atoms with Crippen molar-refractivity contribution in [3.05, 3.63) is 40.9 Å². The van der Waals surface area contributed by atoms with Crippen LogP contribution in [0.4, 0.5) is 0 Å². The normalized spacial score (nSPS) is 10.6. The smallest absolute Gasteiger partial charge is 0.150 e. The van der Waals surface area contributed by atoms with Crippen molar-refractivity contribution in [3.63, 3.8) is 0 Å². The van der Waals surface area contributed by atoms with Crippen LogP contribution in [0, 0.1) is 6.92 Å². The van der Waals surface area contributed by atoms with Gasteiger partial charge in [-0.1, -0.05) is 23.9 Å². The summed E-state index contributed by atoms with van der Waals surface area (Å²) in [7, 11) is 0. The number of benzene rings is 1. The maximum absolute atomic E-state index is 5.71. The van der Waals surface area contributed by atoms with Gasteiger partial charge in [-0.25, -0.2) is 4.98 Å². The van der Waals surface area contributed by atoms with Gasteiger partial charge in [0, 0.05) is 23.4 Å². The number of nitrogens with zero attached hydrogens (tertiary/aromatic N) is 1. The van der Waals surface area contributed by atoms with Crippen molar-refractivity contribution < 1.29 is 4.74 Å². The van der Waals surface area contributed by atoms with Crippen molar-refractivity contribution in [2.45, 2.75) is 24.2 Å². The fourth-order valence-electron chi connectivity index (χ4n) is 1.57. The predicted molar refractivity (Wildman–Crippen MR) is 82.0 cm³/mol. The lowest BCUT2D eigenvalue weighted by atomic mass is 10.2. The third-order valence-electron chi connectivity index (χ3n) is 2.52. The monoisotopic (exact) mass is 294 g/mol. The molecule has 2 aromatic rings. The van der Waals surface area contributed by atoms with Gasteiger partial charge in [-0.2, -0.15) is 0 Å². The van der Waals surface area contributed by atoms with Crippen LogP contribution in [-0.2, 0) is 6.54 Å². The number of thiazole rings is 1. The Kier molecular flexibility index (Phi) is 5.69. The number of aromatic nitrogens is 1. The van der Waals surface area contributed by atoms with Gasteiger partial charge in [0.05, 0.1) is 6.61 Å². The number of hydrogen-bond donors (Lipinski definition) is 1. The summed E-state index contributed by atoms with van der Waals surface area (Å²) < 4.78 is 6.85. The summed E-state index contributed by atoms with van der Waals surface area (Å²) in [6.45, 7) is 3.30. The van der Waals surface area contributed by atoms with Crippen LogP contribution in [0.3, 0.4) is 0 Å². The van der Waals surface area contributed by atoms with Gasteiger partial charge in [0.25, 0.3) is 0 Å². The van der Waals surface area contributed by atoms with E-state index in [1.807, 2.05) is 31.2 Å². The van der Waals surface area contributed by atoms with Gasteiger partial charge in [0.15, 0.2) is 0 Å². The van der Waals surface area contributed by atoms with Gasteiger partial charge in [-0.15, -0.1) is 11.3 Å². The molecule has 0 atom stereocenters. The van der Waals surface area contributed by atoms with Crippen LogP contribution < -0.4 is 10.5 Å². The summed E-state index contributed by atoms with van der Waals surface area (Å²) in [5, 5.41) is 2.08. The summed E-state index contributed by atoms with van der Waals surface area (Å²) in [6.07, 6.45) is 1.01. The molecule has 0 fully saturated rings. The molecule has 0 unspecified atom stereocenters. The zero-order valence-corrected chi connectivity index (χ0v) is 12.6.